The Morgan fingerprint density at radius 3 is 2.63 bits per heavy atom. The van der Waals surface area contributed by atoms with E-state index in [1.54, 1.807) is 6.92 Å². The lowest BCUT2D eigenvalue weighted by Crippen LogP contribution is -2.28. The summed E-state index contributed by atoms with van der Waals surface area (Å²) < 4.78 is 42.7. The molecule has 0 radical (unpaired) electrons. The van der Waals surface area contributed by atoms with Gasteiger partial charge < -0.3 is 10.1 Å². The Bertz CT molecular complexity index is 463. The number of nitrogens with one attached hydrogen (secondary N) is 1. The van der Waals surface area contributed by atoms with E-state index in [9.17, 15) is 18.0 Å². The monoisotopic (exact) mass is 295 g/mol. The van der Waals surface area contributed by atoms with Crippen LogP contribution in [0.15, 0.2) is 18.2 Å². The Balaban J connectivity index is 2.89. The van der Waals surface area contributed by atoms with Crippen LogP contribution in [0.1, 0.15) is 19.4 Å². The van der Waals surface area contributed by atoms with E-state index in [-0.39, 0.29) is 17.3 Å². The van der Waals surface area contributed by atoms with Crippen molar-refractivity contribution in [2.24, 2.45) is 0 Å². The van der Waals surface area contributed by atoms with Gasteiger partial charge in [0.2, 0.25) is 0 Å². The van der Waals surface area contributed by atoms with Gasteiger partial charge in [0.1, 0.15) is 6.04 Å². The Morgan fingerprint density at radius 1 is 1.47 bits per heavy atom. The molecular weight excluding hydrogens is 283 g/mol. The van der Waals surface area contributed by atoms with Gasteiger partial charge in [0.25, 0.3) is 0 Å². The van der Waals surface area contributed by atoms with E-state index >= 15 is 0 Å². The summed E-state index contributed by atoms with van der Waals surface area (Å²) in [5.74, 6) is -0.536. The van der Waals surface area contributed by atoms with E-state index in [4.69, 9.17) is 16.3 Å². The highest BCUT2D eigenvalue weighted by molar-refractivity contribution is 6.31. The lowest BCUT2D eigenvalue weighted by atomic mass is 10.2. The van der Waals surface area contributed by atoms with Crippen LogP contribution in [0, 0.1) is 0 Å². The van der Waals surface area contributed by atoms with Gasteiger partial charge in [-0.3, -0.25) is 0 Å². The minimum absolute atomic E-state index is 0.150. The third-order valence-corrected chi connectivity index (χ3v) is 2.62. The standard InChI is InChI=1S/C12H13ClF3NO2/c1-3-19-11(18)7(2)17-8-4-5-10(13)9(6-8)12(14,15)16/h4-7,17H,3H2,1-2H3. The average molecular weight is 296 g/mol. The van der Waals surface area contributed by atoms with Gasteiger partial charge in [-0.1, -0.05) is 11.6 Å². The minimum atomic E-state index is -4.54. The Kier molecular flexibility index (Phi) is 5.05. The van der Waals surface area contributed by atoms with Crippen LogP contribution in [-0.4, -0.2) is 18.6 Å². The van der Waals surface area contributed by atoms with E-state index in [0.29, 0.717) is 0 Å². The first-order valence-electron chi connectivity index (χ1n) is 5.55. The normalized spacial score (nSPS) is 12.9. The number of rotatable bonds is 4. The summed E-state index contributed by atoms with van der Waals surface area (Å²) >= 11 is 5.49. The number of hydrogen-bond acceptors (Lipinski definition) is 3. The molecule has 0 saturated carbocycles. The third-order valence-electron chi connectivity index (χ3n) is 2.30. The second kappa shape index (κ2) is 6.14. The highest BCUT2D eigenvalue weighted by Crippen LogP contribution is 2.36. The summed E-state index contributed by atoms with van der Waals surface area (Å²) in [5.41, 5.74) is -0.799. The molecule has 1 aromatic carbocycles. The molecule has 1 rings (SSSR count). The van der Waals surface area contributed by atoms with Crippen LogP contribution in [0.2, 0.25) is 5.02 Å². The van der Waals surface area contributed by atoms with Crippen molar-refractivity contribution in [2.45, 2.75) is 26.1 Å². The van der Waals surface area contributed by atoms with Crippen molar-refractivity contribution >= 4 is 23.3 Å². The number of carbonyl (C=O) groups is 1. The molecule has 0 fully saturated rings. The molecule has 0 aliphatic carbocycles. The van der Waals surface area contributed by atoms with Gasteiger partial charge in [0.15, 0.2) is 0 Å². The maximum absolute atomic E-state index is 12.6. The molecule has 0 heterocycles. The summed E-state index contributed by atoms with van der Waals surface area (Å²) in [5, 5.41) is 2.25. The maximum atomic E-state index is 12.6. The van der Waals surface area contributed by atoms with Crippen LogP contribution in [0.5, 0.6) is 0 Å². The maximum Gasteiger partial charge on any atom is 0.417 e. The highest BCUT2D eigenvalue weighted by atomic mass is 35.5. The van der Waals surface area contributed by atoms with Crippen LogP contribution in [0.3, 0.4) is 0 Å². The zero-order valence-electron chi connectivity index (χ0n) is 10.3. The SMILES string of the molecule is CCOC(=O)C(C)Nc1ccc(Cl)c(C(F)(F)F)c1. The van der Waals surface area contributed by atoms with Gasteiger partial charge in [-0.05, 0) is 32.0 Å². The predicted molar refractivity (Wildman–Crippen MR) is 66.2 cm³/mol. The summed E-state index contributed by atoms with van der Waals surface area (Å²) in [4.78, 5) is 11.4. The molecular formula is C12H13ClF3NO2. The van der Waals surface area contributed by atoms with E-state index in [1.165, 1.54) is 13.0 Å². The van der Waals surface area contributed by atoms with Gasteiger partial charge in [0.05, 0.1) is 17.2 Å². The van der Waals surface area contributed by atoms with Gasteiger partial charge in [-0.2, -0.15) is 13.2 Å². The van der Waals surface area contributed by atoms with Crippen molar-refractivity contribution in [1.29, 1.82) is 0 Å². The van der Waals surface area contributed by atoms with Gasteiger partial charge in [-0.15, -0.1) is 0 Å². The number of benzene rings is 1. The van der Waals surface area contributed by atoms with Crippen molar-refractivity contribution < 1.29 is 22.7 Å². The number of hydrogen-bond donors (Lipinski definition) is 1. The molecule has 0 amide bonds. The molecule has 0 spiro atoms. The molecule has 7 heteroatoms. The van der Waals surface area contributed by atoms with Crippen LogP contribution in [-0.2, 0) is 15.7 Å². The van der Waals surface area contributed by atoms with E-state index in [0.717, 1.165) is 12.1 Å². The zero-order chi connectivity index (χ0) is 14.6. The molecule has 1 N–H and O–H groups in total. The van der Waals surface area contributed by atoms with Gasteiger partial charge in [0, 0.05) is 5.69 Å². The summed E-state index contributed by atoms with van der Waals surface area (Å²) in [6, 6.07) is 2.61. The molecule has 3 nitrogen and oxygen atoms in total. The number of ether oxygens (including phenoxy) is 1. The quantitative estimate of drug-likeness (QED) is 0.860. The van der Waals surface area contributed by atoms with E-state index in [1.807, 2.05) is 0 Å². The fourth-order valence-corrected chi connectivity index (χ4v) is 1.63. The molecule has 0 aliphatic heterocycles. The van der Waals surface area contributed by atoms with Crippen molar-refractivity contribution in [2.75, 3.05) is 11.9 Å². The average Bonchev–Trinajstić information content (AvgIpc) is 2.30. The fraction of sp³-hybridized carbons (Fsp3) is 0.417. The number of halogens is 4. The van der Waals surface area contributed by atoms with Gasteiger partial charge >= 0.3 is 12.1 Å². The van der Waals surface area contributed by atoms with Crippen molar-refractivity contribution in [3.63, 3.8) is 0 Å². The molecule has 1 unspecified atom stereocenters. The molecule has 0 bridgehead atoms. The summed E-state index contributed by atoms with van der Waals surface area (Å²) in [6.07, 6.45) is -4.54. The first-order valence-corrected chi connectivity index (χ1v) is 5.93. The second-order valence-electron chi connectivity index (χ2n) is 3.81. The van der Waals surface area contributed by atoms with E-state index < -0.39 is 23.8 Å². The topological polar surface area (TPSA) is 38.3 Å². The minimum Gasteiger partial charge on any atom is -0.464 e. The first-order chi connectivity index (χ1) is 8.75. The van der Waals surface area contributed by atoms with Crippen molar-refractivity contribution in [3.8, 4) is 0 Å². The van der Waals surface area contributed by atoms with Gasteiger partial charge in [-0.25, -0.2) is 4.79 Å². The molecule has 0 saturated heterocycles. The van der Waals surface area contributed by atoms with Crippen LogP contribution < -0.4 is 5.32 Å². The van der Waals surface area contributed by atoms with E-state index in [2.05, 4.69) is 5.32 Å². The third kappa shape index (κ3) is 4.31. The fourth-order valence-electron chi connectivity index (χ4n) is 1.41. The molecule has 0 aromatic heterocycles. The smallest absolute Gasteiger partial charge is 0.417 e. The predicted octanol–water partition coefficient (Wildman–Crippen LogP) is 3.72. The lowest BCUT2D eigenvalue weighted by molar-refractivity contribution is -0.143. The highest BCUT2D eigenvalue weighted by Gasteiger charge is 2.33. The number of anilines is 1. The second-order valence-corrected chi connectivity index (χ2v) is 4.22. The summed E-state index contributed by atoms with van der Waals surface area (Å²) in [7, 11) is 0. The number of esters is 1. The van der Waals surface area contributed by atoms with Crippen molar-refractivity contribution in [3.05, 3.63) is 28.8 Å². The number of alkyl halides is 3. The molecule has 106 valence electrons. The Hall–Kier alpha value is -1.43. The number of carbonyl (C=O) groups excluding carboxylic acids is 1. The molecule has 0 aliphatic rings. The van der Waals surface area contributed by atoms with Crippen LogP contribution in [0.25, 0.3) is 0 Å². The lowest BCUT2D eigenvalue weighted by Gasteiger charge is -2.16. The largest absolute Gasteiger partial charge is 0.464 e. The first kappa shape index (κ1) is 15.6. The van der Waals surface area contributed by atoms with Crippen molar-refractivity contribution in [1.82, 2.24) is 0 Å². The molecule has 1 aromatic rings. The van der Waals surface area contributed by atoms with Crippen LogP contribution in [0.4, 0.5) is 18.9 Å². The molecule has 1 atom stereocenters. The zero-order valence-corrected chi connectivity index (χ0v) is 11.1. The Labute approximate surface area is 113 Å². The molecule has 19 heavy (non-hydrogen) atoms. The van der Waals surface area contributed by atoms with Crippen LogP contribution >= 0.6 is 11.6 Å². The Morgan fingerprint density at radius 2 is 2.11 bits per heavy atom. The summed E-state index contributed by atoms with van der Waals surface area (Å²) in [6.45, 7) is 3.35.